The second-order valence-corrected chi connectivity index (χ2v) is 29.0. The zero-order chi connectivity index (χ0) is 9.90. The minimum atomic E-state index is 0.864. The van der Waals surface area contributed by atoms with Gasteiger partial charge in [0.15, 0.2) is 0 Å². The molecule has 0 saturated heterocycles. The van der Waals surface area contributed by atoms with Crippen LogP contribution < -0.4 is 0 Å². The second-order valence-electron chi connectivity index (χ2n) is 3.01. The molecule has 14 heavy (non-hydrogen) atoms. The van der Waals surface area contributed by atoms with Crippen LogP contribution in [0.3, 0.4) is 0 Å². The predicted molar refractivity (Wildman–Crippen MR) is 69.2 cm³/mol. The molecule has 1 aliphatic rings. The van der Waals surface area contributed by atoms with Crippen molar-refractivity contribution >= 4 is 48.9 Å². The van der Waals surface area contributed by atoms with Gasteiger partial charge in [-0.2, -0.15) is 0 Å². The Balaban J connectivity index is 2.17. The summed E-state index contributed by atoms with van der Waals surface area (Å²) in [5.41, 5.74) is 0. The summed E-state index contributed by atoms with van der Waals surface area (Å²) >= 11 is 4.00. The molecule has 0 bridgehead atoms. The van der Waals surface area contributed by atoms with Crippen LogP contribution in [-0.2, 0) is 0 Å². The summed E-state index contributed by atoms with van der Waals surface area (Å²) in [6, 6.07) is 0. The first-order valence-corrected chi connectivity index (χ1v) is 20.1. The van der Waals surface area contributed by atoms with Crippen molar-refractivity contribution in [3.63, 3.8) is 0 Å². The SMILES string of the molecule is C1=C\[Se][Se][Se][Se]CCCCCC/C=C/1. The molecule has 80 valence electrons. The molecular weight excluding hydrogens is 436 g/mol. The first-order valence-electron chi connectivity index (χ1n) is 4.93. The summed E-state index contributed by atoms with van der Waals surface area (Å²) in [5.74, 6) is 0. The Bertz CT molecular complexity index is 157. The van der Waals surface area contributed by atoms with Crippen LogP contribution in [0.2, 0.25) is 5.32 Å². The molecule has 0 nitrogen and oxygen atoms in total. The van der Waals surface area contributed by atoms with Gasteiger partial charge in [0.05, 0.1) is 0 Å². The molecule has 0 fully saturated rings. The number of hydrogen-bond donors (Lipinski definition) is 0. The molecule has 1 aliphatic heterocycles. The van der Waals surface area contributed by atoms with E-state index >= 15 is 0 Å². The van der Waals surface area contributed by atoms with Crippen LogP contribution in [0.25, 0.3) is 0 Å². The number of hydrogen-bond acceptors (Lipinski definition) is 0. The molecule has 4 heteroatoms. The summed E-state index contributed by atoms with van der Waals surface area (Å²) in [6.45, 7) is 0. The Morgan fingerprint density at radius 1 is 0.857 bits per heavy atom. The Morgan fingerprint density at radius 3 is 2.79 bits per heavy atom. The third kappa shape index (κ3) is 8.83. The van der Waals surface area contributed by atoms with E-state index in [9.17, 15) is 0 Å². The van der Waals surface area contributed by atoms with Crippen LogP contribution >= 0.6 is 0 Å². The normalized spacial score (nSPS) is 26.3. The minimum absolute atomic E-state index is 0.864. The molecule has 0 saturated carbocycles. The quantitative estimate of drug-likeness (QED) is 0.494. The molecule has 0 atom stereocenters. The van der Waals surface area contributed by atoms with Crippen LogP contribution in [-0.4, -0.2) is 48.9 Å². The Kier molecular flexibility index (Phi) is 10.8. The maximum absolute atomic E-state index is 2.42. The third-order valence-electron chi connectivity index (χ3n) is 1.84. The van der Waals surface area contributed by atoms with Crippen molar-refractivity contribution in [3.8, 4) is 0 Å². The fraction of sp³-hybridized carbons (Fsp3) is 0.600. The van der Waals surface area contributed by atoms with Gasteiger partial charge in [0.25, 0.3) is 0 Å². The van der Waals surface area contributed by atoms with Gasteiger partial charge in [0, 0.05) is 0 Å². The van der Waals surface area contributed by atoms with E-state index in [4.69, 9.17) is 0 Å². The van der Waals surface area contributed by atoms with E-state index in [0.29, 0.717) is 0 Å². The molecule has 0 aromatic carbocycles. The first-order chi connectivity index (χ1) is 7.00. The van der Waals surface area contributed by atoms with Crippen LogP contribution in [0.4, 0.5) is 0 Å². The molecule has 1 rings (SSSR count). The van der Waals surface area contributed by atoms with Crippen molar-refractivity contribution in [1.82, 2.24) is 0 Å². The molecule has 1 heterocycles. The fourth-order valence-electron chi connectivity index (χ4n) is 1.12. The topological polar surface area (TPSA) is 0 Å². The van der Waals surface area contributed by atoms with Crippen molar-refractivity contribution in [3.05, 3.63) is 23.2 Å². The van der Waals surface area contributed by atoms with Gasteiger partial charge < -0.3 is 0 Å². The van der Waals surface area contributed by atoms with Crippen molar-refractivity contribution in [2.24, 2.45) is 0 Å². The van der Waals surface area contributed by atoms with Crippen LogP contribution in [0.1, 0.15) is 32.1 Å². The summed E-state index contributed by atoms with van der Waals surface area (Å²) in [6.07, 6.45) is 14.0. The number of rotatable bonds is 0. The second kappa shape index (κ2) is 11.1. The van der Waals surface area contributed by atoms with Crippen LogP contribution in [0, 0.1) is 0 Å². The molecule has 0 spiro atoms. The fourth-order valence-corrected chi connectivity index (χ4v) is 38.0. The van der Waals surface area contributed by atoms with Crippen LogP contribution in [0.15, 0.2) is 23.2 Å². The summed E-state index contributed by atoms with van der Waals surface area (Å²) in [7, 11) is 0. The molecule has 0 aromatic rings. The monoisotopic (exact) mass is 456 g/mol. The number of allylic oxidation sites excluding steroid dienone is 3. The van der Waals surface area contributed by atoms with Gasteiger partial charge in [-0.25, -0.2) is 0 Å². The van der Waals surface area contributed by atoms with Gasteiger partial charge >= 0.3 is 110 Å². The van der Waals surface area contributed by atoms with Gasteiger partial charge in [-0.15, -0.1) is 0 Å². The van der Waals surface area contributed by atoms with E-state index in [1.807, 2.05) is 0 Å². The predicted octanol–water partition coefficient (Wildman–Crippen LogP) is 2.00. The maximum atomic E-state index is 2.42. The van der Waals surface area contributed by atoms with Crippen LogP contribution in [0.5, 0.6) is 0 Å². The van der Waals surface area contributed by atoms with Crippen molar-refractivity contribution in [2.75, 3.05) is 0 Å². The van der Waals surface area contributed by atoms with E-state index in [-0.39, 0.29) is 0 Å². The van der Waals surface area contributed by atoms with Crippen molar-refractivity contribution < 1.29 is 0 Å². The van der Waals surface area contributed by atoms with E-state index in [0.717, 1.165) is 48.9 Å². The average molecular weight is 452 g/mol. The summed E-state index contributed by atoms with van der Waals surface area (Å²) in [5, 5.41) is 1.57. The molecule has 0 amide bonds. The molecule has 0 radical (unpaired) electrons. The van der Waals surface area contributed by atoms with E-state index in [1.54, 1.807) is 5.32 Å². The average Bonchev–Trinajstić information content (AvgIpc) is 2.22. The van der Waals surface area contributed by atoms with E-state index in [1.165, 1.54) is 32.1 Å². The summed E-state index contributed by atoms with van der Waals surface area (Å²) < 4.78 is 0. The van der Waals surface area contributed by atoms with E-state index in [2.05, 4.69) is 23.2 Å². The first kappa shape index (κ1) is 13.6. The third-order valence-corrected chi connectivity index (χ3v) is 38.8. The summed E-state index contributed by atoms with van der Waals surface area (Å²) in [4.78, 5) is 2.42. The van der Waals surface area contributed by atoms with Gasteiger partial charge in [-0.3, -0.25) is 0 Å². The molecule has 0 N–H and O–H groups in total. The van der Waals surface area contributed by atoms with E-state index < -0.39 is 0 Å². The standard InChI is InChI=1S/C10H16Se4/c1-2-4-6-8-10-12-14-13-11-9-7-5-3-1/h3,5,7,9H,1-2,4,6,8,10H2/b5-3+,9-7-. The van der Waals surface area contributed by atoms with Crippen molar-refractivity contribution in [1.29, 1.82) is 0 Å². The molecule has 0 unspecified atom stereocenters. The Hall–Kier alpha value is 1.56. The van der Waals surface area contributed by atoms with Gasteiger partial charge in [0.2, 0.25) is 0 Å². The molecule has 0 aliphatic carbocycles. The van der Waals surface area contributed by atoms with Gasteiger partial charge in [-0.1, -0.05) is 0 Å². The molecular formula is C10H16Se4. The zero-order valence-corrected chi connectivity index (χ0v) is 15.0. The van der Waals surface area contributed by atoms with Gasteiger partial charge in [0.1, 0.15) is 0 Å². The zero-order valence-electron chi connectivity index (χ0n) is 8.19. The Labute approximate surface area is 108 Å². The van der Waals surface area contributed by atoms with Crippen molar-refractivity contribution in [2.45, 2.75) is 37.4 Å². The Morgan fingerprint density at radius 2 is 1.79 bits per heavy atom. The molecule has 0 aromatic heterocycles. The van der Waals surface area contributed by atoms with Gasteiger partial charge in [-0.05, 0) is 0 Å².